The summed E-state index contributed by atoms with van der Waals surface area (Å²) >= 11 is 1.20. The molecule has 2 aromatic rings. The van der Waals surface area contributed by atoms with Gasteiger partial charge in [0.25, 0.3) is 5.91 Å². The van der Waals surface area contributed by atoms with Gasteiger partial charge in [-0.05, 0) is 26.0 Å². The monoisotopic (exact) mass is 295 g/mol. The van der Waals surface area contributed by atoms with E-state index in [4.69, 9.17) is 5.73 Å². The second-order valence-corrected chi connectivity index (χ2v) is 5.98. The number of nitrogen functional groups attached to an aromatic ring is 1. The first-order valence-corrected chi connectivity index (χ1v) is 6.92. The molecule has 0 aromatic carbocycles. The molecule has 5 N–H and O–H groups in total. The Hall–Kier alpha value is -1.70. The van der Waals surface area contributed by atoms with Crippen molar-refractivity contribution in [3.8, 4) is 0 Å². The maximum absolute atomic E-state index is 12.2. The molecule has 6 nitrogen and oxygen atoms in total. The fourth-order valence-electron chi connectivity index (χ4n) is 1.72. The van der Waals surface area contributed by atoms with Crippen LogP contribution in [0.4, 0.5) is 5.69 Å². The Labute approximate surface area is 120 Å². The third kappa shape index (κ3) is 2.60. The number of amides is 1. The van der Waals surface area contributed by atoms with Gasteiger partial charge in [0.1, 0.15) is 9.71 Å². The summed E-state index contributed by atoms with van der Waals surface area (Å²) in [4.78, 5) is 17.6. The average Bonchev–Trinajstić information content (AvgIpc) is 2.75. The van der Waals surface area contributed by atoms with Crippen LogP contribution in [-0.2, 0) is 0 Å². The van der Waals surface area contributed by atoms with Gasteiger partial charge in [0.2, 0.25) is 0 Å². The second-order valence-electron chi connectivity index (χ2n) is 4.98. The number of rotatable bonds is 4. The molecule has 20 heavy (non-hydrogen) atoms. The van der Waals surface area contributed by atoms with E-state index in [0.717, 1.165) is 11.1 Å². The summed E-state index contributed by atoms with van der Waals surface area (Å²) < 4.78 is 0. The van der Waals surface area contributed by atoms with E-state index in [2.05, 4.69) is 10.3 Å². The number of carbonyl (C=O) groups is 1. The summed E-state index contributed by atoms with van der Waals surface area (Å²) in [6.45, 7) is 2.69. The first-order valence-electron chi connectivity index (χ1n) is 6.10. The Kier molecular flexibility index (Phi) is 3.94. The maximum Gasteiger partial charge on any atom is 0.264 e. The van der Waals surface area contributed by atoms with E-state index in [1.54, 1.807) is 6.92 Å². The topological polar surface area (TPSA) is 108 Å². The number of nitrogens with one attached hydrogen (secondary N) is 1. The number of nitrogens with zero attached hydrogens (tertiary/aromatic N) is 1. The number of pyridine rings is 1. The van der Waals surface area contributed by atoms with E-state index in [9.17, 15) is 15.0 Å². The fourth-order valence-corrected chi connectivity index (χ4v) is 2.75. The predicted octanol–water partition coefficient (Wildman–Crippen LogP) is 0.660. The van der Waals surface area contributed by atoms with Crippen molar-refractivity contribution >= 4 is 33.1 Å². The molecule has 0 saturated heterocycles. The van der Waals surface area contributed by atoms with Gasteiger partial charge in [0.05, 0.1) is 24.4 Å². The molecular formula is C13H17N3O3S. The smallest absolute Gasteiger partial charge is 0.264 e. The molecule has 0 radical (unpaired) electrons. The lowest BCUT2D eigenvalue weighted by molar-refractivity contribution is 0.0728. The standard InChI is InChI=1S/C13H17N3O3S/c1-7-3-4-8-9(14)10(20-12(8)15-7)11(19)16-13(2,5-17)6-18/h3-4,17-18H,5-6,14H2,1-2H3,(H,16,19). The molecule has 0 aliphatic rings. The van der Waals surface area contributed by atoms with Crippen LogP contribution in [-0.4, -0.2) is 39.9 Å². The number of hydrogen-bond acceptors (Lipinski definition) is 6. The lowest BCUT2D eigenvalue weighted by Crippen LogP contribution is -2.51. The van der Waals surface area contributed by atoms with E-state index in [-0.39, 0.29) is 13.2 Å². The highest BCUT2D eigenvalue weighted by molar-refractivity contribution is 7.21. The first-order chi connectivity index (χ1) is 9.40. The number of nitrogens with two attached hydrogens (primary N) is 1. The quantitative estimate of drug-likeness (QED) is 0.662. The van der Waals surface area contributed by atoms with Crippen molar-refractivity contribution in [3.05, 3.63) is 22.7 Å². The SMILES string of the molecule is Cc1ccc2c(N)c(C(=O)NC(C)(CO)CO)sc2n1. The van der Waals surface area contributed by atoms with Crippen LogP contribution in [0.5, 0.6) is 0 Å². The highest BCUT2D eigenvalue weighted by Gasteiger charge is 2.27. The molecule has 1 amide bonds. The minimum absolute atomic E-state index is 0.339. The van der Waals surface area contributed by atoms with Crippen LogP contribution in [0, 0.1) is 6.92 Å². The molecule has 2 heterocycles. The van der Waals surface area contributed by atoms with Crippen LogP contribution in [0.3, 0.4) is 0 Å². The molecule has 0 aliphatic carbocycles. The number of aliphatic hydroxyl groups excluding tert-OH is 2. The van der Waals surface area contributed by atoms with Gasteiger partial charge in [-0.25, -0.2) is 4.98 Å². The van der Waals surface area contributed by atoms with Crippen LogP contribution < -0.4 is 11.1 Å². The zero-order valence-corrected chi connectivity index (χ0v) is 12.1. The van der Waals surface area contributed by atoms with Crippen molar-refractivity contribution in [2.45, 2.75) is 19.4 Å². The number of aliphatic hydroxyl groups is 2. The first kappa shape index (κ1) is 14.7. The minimum Gasteiger partial charge on any atom is -0.397 e. The predicted molar refractivity (Wildman–Crippen MR) is 78.8 cm³/mol. The Morgan fingerprint density at radius 3 is 2.70 bits per heavy atom. The normalized spacial score (nSPS) is 11.8. The summed E-state index contributed by atoms with van der Waals surface area (Å²) in [7, 11) is 0. The number of carbonyl (C=O) groups excluding carboxylic acids is 1. The van der Waals surface area contributed by atoms with Gasteiger partial charge in [0, 0.05) is 11.1 Å². The second kappa shape index (κ2) is 5.35. The minimum atomic E-state index is -1.08. The third-order valence-corrected chi connectivity index (χ3v) is 4.17. The molecule has 0 aliphatic heterocycles. The van der Waals surface area contributed by atoms with Crippen LogP contribution in [0.15, 0.2) is 12.1 Å². The fraction of sp³-hybridized carbons (Fsp3) is 0.385. The zero-order valence-electron chi connectivity index (χ0n) is 11.3. The summed E-state index contributed by atoms with van der Waals surface area (Å²) in [5, 5.41) is 21.7. The maximum atomic E-state index is 12.2. The van der Waals surface area contributed by atoms with E-state index in [1.807, 2.05) is 19.1 Å². The zero-order chi connectivity index (χ0) is 14.9. The van der Waals surface area contributed by atoms with Gasteiger partial charge in [-0.3, -0.25) is 4.79 Å². The van der Waals surface area contributed by atoms with Crippen molar-refractivity contribution in [2.75, 3.05) is 18.9 Å². The van der Waals surface area contributed by atoms with Gasteiger partial charge in [-0.1, -0.05) is 0 Å². The molecule has 108 valence electrons. The number of hydrogen-bond donors (Lipinski definition) is 4. The molecule has 0 spiro atoms. The van der Waals surface area contributed by atoms with Crippen molar-refractivity contribution in [1.82, 2.24) is 10.3 Å². The van der Waals surface area contributed by atoms with Gasteiger partial charge in [-0.2, -0.15) is 0 Å². The van der Waals surface area contributed by atoms with Crippen molar-refractivity contribution < 1.29 is 15.0 Å². The lowest BCUT2D eigenvalue weighted by atomic mass is 10.1. The highest BCUT2D eigenvalue weighted by Crippen LogP contribution is 2.32. The van der Waals surface area contributed by atoms with Crippen LogP contribution >= 0.6 is 11.3 Å². The summed E-state index contributed by atoms with van der Waals surface area (Å²) in [5.41, 5.74) is 6.11. The Morgan fingerprint density at radius 1 is 1.45 bits per heavy atom. The Morgan fingerprint density at radius 2 is 2.10 bits per heavy atom. The van der Waals surface area contributed by atoms with Crippen LogP contribution in [0.2, 0.25) is 0 Å². The summed E-state index contributed by atoms with van der Waals surface area (Å²) in [5.74, 6) is -0.422. The van der Waals surface area contributed by atoms with E-state index < -0.39 is 11.4 Å². The molecular weight excluding hydrogens is 278 g/mol. The molecule has 0 atom stereocenters. The van der Waals surface area contributed by atoms with Gasteiger partial charge in [-0.15, -0.1) is 11.3 Å². The molecule has 0 unspecified atom stereocenters. The molecule has 0 bridgehead atoms. The molecule has 2 aromatic heterocycles. The lowest BCUT2D eigenvalue weighted by Gasteiger charge is -2.25. The van der Waals surface area contributed by atoms with Crippen molar-refractivity contribution in [1.29, 1.82) is 0 Å². The van der Waals surface area contributed by atoms with Crippen molar-refractivity contribution in [3.63, 3.8) is 0 Å². The van der Waals surface area contributed by atoms with Gasteiger partial charge in [0.15, 0.2) is 0 Å². The third-order valence-electron chi connectivity index (χ3n) is 3.05. The van der Waals surface area contributed by atoms with E-state index in [0.29, 0.717) is 15.4 Å². The van der Waals surface area contributed by atoms with Crippen LogP contribution in [0.25, 0.3) is 10.2 Å². The number of thiophene rings is 1. The highest BCUT2D eigenvalue weighted by atomic mass is 32.1. The molecule has 2 rings (SSSR count). The van der Waals surface area contributed by atoms with Gasteiger partial charge >= 0.3 is 0 Å². The average molecular weight is 295 g/mol. The molecule has 0 saturated carbocycles. The Bertz CT molecular complexity index is 650. The van der Waals surface area contributed by atoms with E-state index in [1.165, 1.54) is 11.3 Å². The van der Waals surface area contributed by atoms with Crippen LogP contribution in [0.1, 0.15) is 22.3 Å². The number of aromatic nitrogens is 1. The van der Waals surface area contributed by atoms with Crippen molar-refractivity contribution in [2.24, 2.45) is 0 Å². The molecule has 0 fully saturated rings. The number of fused-ring (bicyclic) bond motifs is 1. The Balaban J connectivity index is 2.38. The number of anilines is 1. The summed E-state index contributed by atoms with van der Waals surface area (Å²) in [6, 6.07) is 3.66. The largest absolute Gasteiger partial charge is 0.397 e. The van der Waals surface area contributed by atoms with E-state index >= 15 is 0 Å². The van der Waals surface area contributed by atoms with Gasteiger partial charge < -0.3 is 21.3 Å². The number of aryl methyl sites for hydroxylation is 1. The summed E-state index contributed by atoms with van der Waals surface area (Å²) in [6.07, 6.45) is 0. The molecule has 7 heteroatoms.